The predicted octanol–water partition coefficient (Wildman–Crippen LogP) is 1.83. The summed E-state index contributed by atoms with van der Waals surface area (Å²) in [4.78, 5) is 11.6. The minimum atomic E-state index is -0.196. The van der Waals surface area contributed by atoms with Crippen molar-refractivity contribution in [2.24, 2.45) is 0 Å². The van der Waals surface area contributed by atoms with Crippen molar-refractivity contribution in [3.8, 4) is 0 Å². The monoisotopic (exact) mass is 247 g/mol. The Bertz CT molecular complexity index is 541. The molecule has 0 saturated heterocycles. The lowest BCUT2D eigenvalue weighted by Crippen LogP contribution is -2.27. The van der Waals surface area contributed by atoms with E-state index in [4.69, 9.17) is 4.42 Å². The van der Waals surface area contributed by atoms with E-state index in [2.05, 4.69) is 17.3 Å². The lowest BCUT2D eigenvalue weighted by atomic mass is 10.2. The van der Waals surface area contributed by atoms with Crippen LogP contribution >= 0.6 is 0 Å². The van der Waals surface area contributed by atoms with E-state index in [0.717, 1.165) is 11.4 Å². The molecule has 5 heteroatoms. The van der Waals surface area contributed by atoms with Crippen molar-refractivity contribution in [1.82, 2.24) is 15.1 Å². The summed E-state index contributed by atoms with van der Waals surface area (Å²) in [6, 6.07) is 3.34. The lowest BCUT2D eigenvalue weighted by molar-refractivity contribution is 0.0924. The highest BCUT2D eigenvalue weighted by Gasteiger charge is 2.09. The molecule has 0 aliphatic rings. The Hall–Kier alpha value is -2.04. The average molecular weight is 247 g/mol. The SMILES string of the molecule is Cc1nn(CCNC(=O)c2ccco2)c(C)c1C. The molecule has 96 valence electrons. The van der Waals surface area contributed by atoms with Crippen LogP contribution in [-0.4, -0.2) is 22.2 Å². The van der Waals surface area contributed by atoms with Crippen LogP contribution in [-0.2, 0) is 6.54 Å². The number of hydrogen-bond donors (Lipinski definition) is 1. The fourth-order valence-electron chi connectivity index (χ4n) is 1.77. The van der Waals surface area contributed by atoms with E-state index in [1.54, 1.807) is 12.1 Å². The van der Waals surface area contributed by atoms with Crippen LogP contribution in [0, 0.1) is 20.8 Å². The van der Waals surface area contributed by atoms with Crippen molar-refractivity contribution in [1.29, 1.82) is 0 Å². The summed E-state index contributed by atoms with van der Waals surface area (Å²) in [7, 11) is 0. The maximum Gasteiger partial charge on any atom is 0.287 e. The largest absolute Gasteiger partial charge is 0.459 e. The molecule has 0 aliphatic heterocycles. The normalized spacial score (nSPS) is 10.6. The first-order valence-corrected chi connectivity index (χ1v) is 5.92. The van der Waals surface area contributed by atoms with Gasteiger partial charge < -0.3 is 9.73 Å². The Labute approximate surface area is 106 Å². The van der Waals surface area contributed by atoms with E-state index in [-0.39, 0.29) is 5.91 Å². The van der Waals surface area contributed by atoms with Crippen molar-refractivity contribution in [3.05, 3.63) is 41.1 Å². The van der Waals surface area contributed by atoms with Crippen LogP contribution in [0.4, 0.5) is 0 Å². The Morgan fingerprint density at radius 1 is 1.44 bits per heavy atom. The predicted molar refractivity (Wildman–Crippen MR) is 67.5 cm³/mol. The number of aromatic nitrogens is 2. The third-order valence-electron chi connectivity index (χ3n) is 3.10. The molecular weight excluding hydrogens is 230 g/mol. The van der Waals surface area contributed by atoms with Crippen LogP contribution in [0.2, 0.25) is 0 Å². The maximum atomic E-state index is 11.6. The topological polar surface area (TPSA) is 60.1 Å². The number of amides is 1. The number of carbonyl (C=O) groups is 1. The van der Waals surface area contributed by atoms with Crippen molar-refractivity contribution in [2.75, 3.05) is 6.54 Å². The van der Waals surface area contributed by atoms with E-state index in [1.807, 2.05) is 18.5 Å². The molecule has 0 bridgehead atoms. The quantitative estimate of drug-likeness (QED) is 0.896. The zero-order valence-corrected chi connectivity index (χ0v) is 10.9. The van der Waals surface area contributed by atoms with Crippen LogP contribution in [0.15, 0.2) is 22.8 Å². The van der Waals surface area contributed by atoms with Crippen LogP contribution in [0.25, 0.3) is 0 Å². The standard InChI is InChI=1S/C13H17N3O2/c1-9-10(2)15-16(11(9)3)7-6-14-13(17)12-5-4-8-18-12/h4-5,8H,6-7H2,1-3H3,(H,14,17). The minimum absolute atomic E-state index is 0.196. The molecule has 0 aromatic carbocycles. The molecule has 0 aliphatic carbocycles. The highest BCUT2D eigenvalue weighted by molar-refractivity contribution is 5.91. The number of hydrogen-bond acceptors (Lipinski definition) is 3. The molecule has 2 heterocycles. The van der Waals surface area contributed by atoms with E-state index in [0.29, 0.717) is 18.8 Å². The van der Waals surface area contributed by atoms with Crippen molar-refractivity contribution >= 4 is 5.91 Å². The van der Waals surface area contributed by atoms with Crippen LogP contribution in [0.1, 0.15) is 27.5 Å². The third-order valence-corrected chi connectivity index (χ3v) is 3.10. The Kier molecular flexibility index (Phi) is 3.50. The van der Waals surface area contributed by atoms with Gasteiger partial charge in [-0.3, -0.25) is 9.48 Å². The first kappa shape index (κ1) is 12.4. The van der Waals surface area contributed by atoms with Gasteiger partial charge in [-0.25, -0.2) is 0 Å². The zero-order chi connectivity index (χ0) is 13.1. The second-order valence-corrected chi connectivity index (χ2v) is 4.25. The lowest BCUT2D eigenvalue weighted by Gasteiger charge is -2.05. The second-order valence-electron chi connectivity index (χ2n) is 4.25. The Morgan fingerprint density at radius 3 is 2.78 bits per heavy atom. The molecular formula is C13H17N3O2. The molecule has 2 aromatic heterocycles. The summed E-state index contributed by atoms with van der Waals surface area (Å²) in [5.74, 6) is 0.137. The molecule has 0 unspecified atom stereocenters. The molecule has 0 atom stereocenters. The molecule has 5 nitrogen and oxygen atoms in total. The number of aryl methyl sites for hydroxylation is 1. The summed E-state index contributed by atoms with van der Waals surface area (Å²) < 4.78 is 6.92. The molecule has 0 radical (unpaired) electrons. The van der Waals surface area contributed by atoms with E-state index in [9.17, 15) is 4.79 Å². The number of carbonyl (C=O) groups excluding carboxylic acids is 1. The van der Waals surface area contributed by atoms with Crippen LogP contribution in [0.5, 0.6) is 0 Å². The van der Waals surface area contributed by atoms with Crippen molar-refractivity contribution < 1.29 is 9.21 Å². The molecule has 1 amide bonds. The number of nitrogens with zero attached hydrogens (tertiary/aromatic N) is 2. The van der Waals surface area contributed by atoms with Crippen LogP contribution in [0.3, 0.4) is 0 Å². The molecule has 18 heavy (non-hydrogen) atoms. The highest BCUT2D eigenvalue weighted by Crippen LogP contribution is 2.10. The van der Waals surface area contributed by atoms with Crippen molar-refractivity contribution in [2.45, 2.75) is 27.3 Å². The van der Waals surface area contributed by atoms with E-state index < -0.39 is 0 Å². The molecule has 1 N–H and O–H groups in total. The van der Waals surface area contributed by atoms with Gasteiger partial charge >= 0.3 is 0 Å². The zero-order valence-electron chi connectivity index (χ0n) is 10.9. The van der Waals surface area contributed by atoms with Gasteiger partial charge in [0.25, 0.3) is 5.91 Å². The average Bonchev–Trinajstić information content (AvgIpc) is 2.95. The van der Waals surface area contributed by atoms with Gasteiger partial charge in [-0.2, -0.15) is 5.10 Å². The highest BCUT2D eigenvalue weighted by atomic mass is 16.3. The van der Waals surface area contributed by atoms with Crippen molar-refractivity contribution in [3.63, 3.8) is 0 Å². The molecule has 0 saturated carbocycles. The number of nitrogens with one attached hydrogen (secondary N) is 1. The Balaban J connectivity index is 1.89. The summed E-state index contributed by atoms with van der Waals surface area (Å²) in [6.45, 7) is 7.26. The summed E-state index contributed by atoms with van der Waals surface area (Å²) in [5, 5.41) is 7.21. The summed E-state index contributed by atoms with van der Waals surface area (Å²) >= 11 is 0. The molecule has 0 fully saturated rings. The molecule has 2 aromatic rings. The Morgan fingerprint density at radius 2 is 2.22 bits per heavy atom. The van der Waals surface area contributed by atoms with Gasteiger partial charge in [-0.15, -0.1) is 0 Å². The van der Waals surface area contributed by atoms with Gasteiger partial charge in [0.2, 0.25) is 0 Å². The van der Waals surface area contributed by atoms with Gasteiger partial charge in [-0.05, 0) is 38.5 Å². The first-order valence-electron chi connectivity index (χ1n) is 5.92. The smallest absolute Gasteiger partial charge is 0.287 e. The van der Waals surface area contributed by atoms with Gasteiger partial charge in [0, 0.05) is 12.2 Å². The van der Waals surface area contributed by atoms with Gasteiger partial charge in [0.1, 0.15) is 0 Å². The van der Waals surface area contributed by atoms with Gasteiger partial charge in [0.15, 0.2) is 5.76 Å². The molecule has 0 spiro atoms. The summed E-state index contributed by atoms with van der Waals surface area (Å²) in [6.07, 6.45) is 1.49. The number of rotatable bonds is 4. The molecule has 2 rings (SSSR count). The second kappa shape index (κ2) is 5.08. The van der Waals surface area contributed by atoms with Gasteiger partial charge in [0.05, 0.1) is 18.5 Å². The van der Waals surface area contributed by atoms with E-state index >= 15 is 0 Å². The minimum Gasteiger partial charge on any atom is -0.459 e. The van der Waals surface area contributed by atoms with Crippen LogP contribution < -0.4 is 5.32 Å². The maximum absolute atomic E-state index is 11.6. The first-order chi connectivity index (χ1) is 8.59. The fourth-order valence-corrected chi connectivity index (χ4v) is 1.77. The third kappa shape index (κ3) is 2.45. The fraction of sp³-hybridized carbons (Fsp3) is 0.385. The van der Waals surface area contributed by atoms with Gasteiger partial charge in [-0.1, -0.05) is 0 Å². The summed E-state index contributed by atoms with van der Waals surface area (Å²) in [5.41, 5.74) is 3.37. The number of furan rings is 1. The van der Waals surface area contributed by atoms with E-state index in [1.165, 1.54) is 11.8 Å².